The van der Waals surface area contributed by atoms with E-state index in [4.69, 9.17) is 0 Å². The van der Waals surface area contributed by atoms with Gasteiger partial charge in [-0.25, -0.2) is 4.39 Å². The molecule has 3 unspecified atom stereocenters. The van der Waals surface area contributed by atoms with Crippen LogP contribution < -0.4 is 10.2 Å². The Hall–Kier alpha value is -1.13. The number of aliphatic hydroxyl groups is 1. The molecule has 3 nitrogen and oxygen atoms in total. The van der Waals surface area contributed by atoms with Gasteiger partial charge < -0.3 is 15.3 Å². The summed E-state index contributed by atoms with van der Waals surface area (Å²) in [5.41, 5.74) is 2.10. The summed E-state index contributed by atoms with van der Waals surface area (Å²) >= 11 is 0. The molecule has 1 saturated heterocycles. The zero-order chi connectivity index (χ0) is 15.4. The van der Waals surface area contributed by atoms with Gasteiger partial charge in [0.05, 0.1) is 6.10 Å². The van der Waals surface area contributed by atoms with Crippen molar-refractivity contribution >= 4 is 5.69 Å². The minimum Gasteiger partial charge on any atom is -0.393 e. The number of hydrogen-bond acceptors (Lipinski definition) is 3. The molecular formula is C17H27FN2O. The SMILES string of the molecule is CCCNC(C)c1cc(F)ccc1N1CCC(C(C)O)C1. The highest BCUT2D eigenvalue weighted by atomic mass is 19.1. The number of benzene rings is 1. The Morgan fingerprint density at radius 3 is 2.81 bits per heavy atom. The van der Waals surface area contributed by atoms with E-state index < -0.39 is 0 Å². The Morgan fingerprint density at radius 1 is 1.43 bits per heavy atom. The van der Waals surface area contributed by atoms with E-state index >= 15 is 0 Å². The molecule has 21 heavy (non-hydrogen) atoms. The topological polar surface area (TPSA) is 35.5 Å². The largest absolute Gasteiger partial charge is 0.393 e. The lowest BCUT2D eigenvalue weighted by atomic mass is 10.0. The van der Waals surface area contributed by atoms with Gasteiger partial charge in [-0.05, 0) is 57.0 Å². The van der Waals surface area contributed by atoms with Gasteiger partial charge in [-0.15, -0.1) is 0 Å². The molecular weight excluding hydrogens is 267 g/mol. The lowest BCUT2D eigenvalue weighted by molar-refractivity contribution is 0.136. The summed E-state index contributed by atoms with van der Waals surface area (Å²) in [5.74, 6) is 0.118. The quantitative estimate of drug-likeness (QED) is 0.846. The number of halogens is 1. The van der Waals surface area contributed by atoms with Crippen molar-refractivity contribution in [1.29, 1.82) is 0 Å². The van der Waals surface area contributed by atoms with E-state index in [1.807, 2.05) is 13.0 Å². The van der Waals surface area contributed by atoms with Gasteiger partial charge in [-0.2, -0.15) is 0 Å². The third-order valence-corrected chi connectivity index (χ3v) is 4.40. The van der Waals surface area contributed by atoms with Gasteiger partial charge in [0.2, 0.25) is 0 Å². The Kier molecular flexibility index (Phi) is 5.59. The summed E-state index contributed by atoms with van der Waals surface area (Å²) in [5, 5.41) is 13.2. The molecule has 2 N–H and O–H groups in total. The highest BCUT2D eigenvalue weighted by molar-refractivity contribution is 5.56. The normalized spacial score (nSPS) is 21.6. The van der Waals surface area contributed by atoms with E-state index in [2.05, 4.69) is 24.1 Å². The minimum absolute atomic E-state index is 0.126. The summed E-state index contributed by atoms with van der Waals surface area (Å²) in [4.78, 5) is 2.27. The van der Waals surface area contributed by atoms with E-state index in [9.17, 15) is 9.50 Å². The molecule has 3 atom stereocenters. The molecule has 0 amide bonds. The summed E-state index contributed by atoms with van der Waals surface area (Å²) in [6.45, 7) is 8.75. The monoisotopic (exact) mass is 294 g/mol. The standard InChI is InChI=1S/C17H27FN2O/c1-4-8-19-12(2)16-10-15(18)5-6-17(16)20-9-7-14(11-20)13(3)21/h5-6,10,12-14,19,21H,4,7-9,11H2,1-3H3. The average molecular weight is 294 g/mol. The van der Waals surface area contributed by atoms with Gasteiger partial charge in [0.25, 0.3) is 0 Å². The zero-order valence-corrected chi connectivity index (χ0v) is 13.3. The molecule has 0 aliphatic carbocycles. The average Bonchev–Trinajstić information content (AvgIpc) is 2.94. The predicted octanol–water partition coefficient (Wildman–Crippen LogP) is 3.09. The van der Waals surface area contributed by atoms with Crippen molar-refractivity contribution in [2.24, 2.45) is 5.92 Å². The van der Waals surface area contributed by atoms with Crippen LogP contribution in [0.3, 0.4) is 0 Å². The van der Waals surface area contributed by atoms with Crippen LogP contribution in [0, 0.1) is 11.7 Å². The van der Waals surface area contributed by atoms with Crippen molar-refractivity contribution in [3.63, 3.8) is 0 Å². The maximum absolute atomic E-state index is 13.6. The molecule has 1 fully saturated rings. The first-order valence-electron chi connectivity index (χ1n) is 7.98. The number of nitrogens with one attached hydrogen (secondary N) is 1. The van der Waals surface area contributed by atoms with E-state index in [0.717, 1.165) is 43.7 Å². The number of anilines is 1. The van der Waals surface area contributed by atoms with Gasteiger partial charge in [-0.1, -0.05) is 6.92 Å². The number of nitrogens with zero attached hydrogens (tertiary/aromatic N) is 1. The molecule has 0 radical (unpaired) electrons. The maximum Gasteiger partial charge on any atom is 0.123 e. The second-order valence-corrected chi connectivity index (χ2v) is 6.11. The first-order chi connectivity index (χ1) is 10.0. The summed E-state index contributed by atoms with van der Waals surface area (Å²) in [6, 6.07) is 5.17. The predicted molar refractivity (Wildman–Crippen MR) is 85.1 cm³/mol. The fourth-order valence-corrected chi connectivity index (χ4v) is 3.03. The molecule has 2 rings (SSSR count). The van der Waals surface area contributed by atoms with Crippen molar-refractivity contribution in [2.45, 2.75) is 45.8 Å². The van der Waals surface area contributed by atoms with Crippen molar-refractivity contribution in [3.8, 4) is 0 Å². The lowest BCUT2D eigenvalue weighted by Gasteiger charge is -2.26. The van der Waals surface area contributed by atoms with Crippen molar-refractivity contribution < 1.29 is 9.50 Å². The molecule has 1 aliphatic rings. The minimum atomic E-state index is -0.283. The first kappa shape index (κ1) is 16.2. The van der Waals surface area contributed by atoms with Gasteiger partial charge in [-0.3, -0.25) is 0 Å². The molecule has 0 saturated carbocycles. The Balaban J connectivity index is 2.19. The van der Waals surface area contributed by atoms with E-state index in [1.165, 1.54) is 6.07 Å². The van der Waals surface area contributed by atoms with E-state index in [-0.39, 0.29) is 18.0 Å². The number of aliphatic hydroxyl groups excluding tert-OH is 1. The molecule has 0 aromatic heterocycles. The first-order valence-corrected chi connectivity index (χ1v) is 7.98. The molecule has 4 heteroatoms. The lowest BCUT2D eigenvalue weighted by Crippen LogP contribution is -2.27. The van der Waals surface area contributed by atoms with Crippen molar-refractivity contribution in [3.05, 3.63) is 29.6 Å². The van der Waals surface area contributed by atoms with Crippen molar-refractivity contribution in [1.82, 2.24) is 5.32 Å². The van der Waals surface area contributed by atoms with Crippen LogP contribution >= 0.6 is 0 Å². The number of rotatable bonds is 6. The van der Waals surface area contributed by atoms with Crippen LogP contribution in [0.4, 0.5) is 10.1 Å². The summed E-state index contributed by atoms with van der Waals surface area (Å²) in [7, 11) is 0. The molecule has 118 valence electrons. The van der Waals surface area contributed by atoms with Crippen LogP contribution in [-0.2, 0) is 0 Å². The molecule has 1 aromatic rings. The highest BCUT2D eigenvalue weighted by Crippen LogP contribution is 2.32. The van der Waals surface area contributed by atoms with Gasteiger partial charge in [0.1, 0.15) is 5.82 Å². The Labute approximate surface area is 127 Å². The third kappa shape index (κ3) is 3.95. The Morgan fingerprint density at radius 2 is 2.19 bits per heavy atom. The summed E-state index contributed by atoms with van der Waals surface area (Å²) < 4.78 is 13.6. The van der Waals surface area contributed by atoms with Crippen molar-refractivity contribution in [2.75, 3.05) is 24.5 Å². The fraction of sp³-hybridized carbons (Fsp3) is 0.647. The van der Waals surface area contributed by atoms with E-state index in [1.54, 1.807) is 6.07 Å². The van der Waals surface area contributed by atoms with Crippen LogP contribution in [-0.4, -0.2) is 30.8 Å². The van der Waals surface area contributed by atoms with Crippen LogP contribution in [0.2, 0.25) is 0 Å². The van der Waals surface area contributed by atoms with Crippen LogP contribution in [0.15, 0.2) is 18.2 Å². The molecule has 1 heterocycles. The van der Waals surface area contributed by atoms with Crippen LogP contribution in [0.1, 0.15) is 45.2 Å². The van der Waals surface area contributed by atoms with Gasteiger partial charge >= 0.3 is 0 Å². The Bertz CT molecular complexity index is 464. The fourth-order valence-electron chi connectivity index (χ4n) is 3.03. The zero-order valence-electron chi connectivity index (χ0n) is 13.3. The third-order valence-electron chi connectivity index (χ3n) is 4.40. The van der Waals surface area contributed by atoms with Crippen LogP contribution in [0.25, 0.3) is 0 Å². The maximum atomic E-state index is 13.6. The molecule has 0 bridgehead atoms. The number of hydrogen-bond donors (Lipinski definition) is 2. The van der Waals surface area contributed by atoms with E-state index in [0.29, 0.717) is 5.92 Å². The highest BCUT2D eigenvalue weighted by Gasteiger charge is 2.28. The van der Waals surface area contributed by atoms with Crippen LogP contribution in [0.5, 0.6) is 0 Å². The second-order valence-electron chi connectivity index (χ2n) is 6.11. The molecule has 1 aromatic carbocycles. The smallest absolute Gasteiger partial charge is 0.123 e. The summed E-state index contributed by atoms with van der Waals surface area (Å²) in [6.07, 6.45) is 1.77. The second kappa shape index (κ2) is 7.23. The van der Waals surface area contributed by atoms with Gasteiger partial charge in [0, 0.05) is 30.7 Å². The molecule has 0 spiro atoms. The molecule has 1 aliphatic heterocycles. The van der Waals surface area contributed by atoms with Gasteiger partial charge in [0.15, 0.2) is 0 Å².